The minimum atomic E-state index is -1.14. The summed E-state index contributed by atoms with van der Waals surface area (Å²) < 4.78 is 22.7. The molecule has 188 valence electrons. The van der Waals surface area contributed by atoms with Gasteiger partial charge in [-0.2, -0.15) is 5.26 Å². The van der Waals surface area contributed by atoms with Gasteiger partial charge in [0.25, 0.3) is 6.02 Å². The van der Waals surface area contributed by atoms with Crippen molar-refractivity contribution in [3.8, 4) is 23.3 Å². The molecule has 1 N–H and O–H groups in total. The van der Waals surface area contributed by atoms with Crippen LogP contribution in [-0.4, -0.2) is 52.8 Å². The van der Waals surface area contributed by atoms with Crippen molar-refractivity contribution in [2.45, 2.75) is 51.4 Å². The SMILES string of the molecule is CCC1=CC(C)(C#N)N=C(N2Cc3ccc(OC)c(OCc4ccc(OC)cn4)c3C[C@H]2C(=O)O)O1. The van der Waals surface area contributed by atoms with E-state index in [1.54, 1.807) is 49.4 Å². The average Bonchev–Trinajstić information content (AvgIpc) is 2.90. The van der Waals surface area contributed by atoms with E-state index in [1.807, 2.05) is 13.0 Å². The van der Waals surface area contributed by atoms with Gasteiger partial charge in [-0.3, -0.25) is 4.98 Å². The topological polar surface area (TPSA) is 127 Å². The van der Waals surface area contributed by atoms with Gasteiger partial charge in [0.1, 0.15) is 24.2 Å². The number of allylic oxidation sites excluding steroid dienone is 1. The third-order valence-electron chi connectivity index (χ3n) is 6.15. The summed E-state index contributed by atoms with van der Waals surface area (Å²) >= 11 is 0. The normalized spacial score (nSPS) is 20.8. The highest BCUT2D eigenvalue weighted by molar-refractivity contribution is 5.85. The van der Waals surface area contributed by atoms with E-state index in [0.29, 0.717) is 35.1 Å². The molecule has 0 amide bonds. The number of aromatic nitrogens is 1. The van der Waals surface area contributed by atoms with Crippen molar-refractivity contribution in [1.82, 2.24) is 9.88 Å². The minimum absolute atomic E-state index is 0.122. The van der Waals surface area contributed by atoms with Crippen molar-refractivity contribution in [1.29, 1.82) is 5.26 Å². The molecule has 2 aromatic rings. The molecule has 0 saturated carbocycles. The van der Waals surface area contributed by atoms with Crippen molar-refractivity contribution < 1.29 is 28.8 Å². The number of fused-ring (bicyclic) bond motifs is 1. The maximum Gasteiger partial charge on any atom is 0.326 e. The molecular formula is C26H28N4O6. The summed E-state index contributed by atoms with van der Waals surface area (Å²) in [4.78, 5) is 22.7. The fourth-order valence-corrected chi connectivity index (χ4v) is 4.19. The van der Waals surface area contributed by atoms with Gasteiger partial charge < -0.3 is 29.0 Å². The number of aliphatic imine (C=N–C) groups is 1. The fraction of sp³-hybridized carbons (Fsp3) is 0.385. The number of benzene rings is 1. The summed E-state index contributed by atoms with van der Waals surface area (Å²) in [7, 11) is 3.11. The van der Waals surface area contributed by atoms with Crippen LogP contribution in [0.15, 0.2) is 47.3 Å². The molecule has 10 heteroatoms. The molecule has 0 spiro atoms. The van der Waals surface area contributed by atoms with Crippen LogP contribution in [0.3, 0.4) is 0 Å². The Labute approximate surface area is 209 Å². The summed E-state index contributed by atoms with van der Waals surface area (Å²) in [5.41, 5.74) is 1.13. The van der Waals surface area contributed by atoms with E-state index in [4.69, 9.17) is 18.9 Å². The van der Waals surface area contributed by atoms with Gasteiger partial charge in [0, 0.05) is 24.9 Å². The molecule has 2 aliphatic heterocycles. The van der Waals surface area contributed by atoms with Crippen LogP contribution in [0.4, 0.5) is 0 Å². The molecule has 0 radical (unpaired) electrons. The maximum atomic E-state index is 12.4. The number of carboxylic acid groups (broad SMARTS) is 1. The number of methoxy groups -OCH3 is 2. The first-order chi connectivity index (χ1) is 17.3. The van der Waals surface area contributed by atoms with Crippen molar-refractivity contribution in [2.75, 3.05) is 14.2 Å². The highest BCUT2D eigenvalue weighted by Crippen LogP contribution is 2.39. The Morgan fingerprint density at radius 2 is 2.11 bits per heavy atom. The number of rotatable bonds is 7. The first-order valence-electron chi connectivity index (χ1n) is 11.5. The molecule has 36 heavy (non-hydrogen) atoms. The summed E-state index contributed by atoms with van der Waals surface area (Å²) in [6.45, 7) is 3.95. The Balaban J connectivity index is 1.67. The summed E-state index contributed by atoms with van der Waals surface area (Å²) in [5.74, 6) is 1.15. The Hall–Kier alpha value is -4.26. The lowest BCUT2D eigenvalue weighted by atomic mass is 9.92. The lowest BCUT2D eigenvalue weighted by molar-refractivity contribution is -0.142. The smallest absolute Gasteiger partial charge is 0.326 e. The van der Waals surface area contributed by atoms with E-state index >= 15 is 0 Å². The van der Waals surface area contributed by atoms with Gasteiger partial charge in [0.15, 0.2) is 17.0 Å². The predicted molar refractivity (Wildman–Crippen MR) is 130 cm³/mol. The van der Waals surface area contributed by atoms with Crippen molar-refractivity contribution in [3.05, 3.63) is 59.1 Å². The number of carboxylic acids is 1. The predicted octanol–water partition coefficient (Wildman–Crippen LogP) is 3.45. The highest BCUT2D eigenvalue weighted by atomic mass is 16.5. The molecule has 0 bridgehead atoms. The molecule has 2 aliphatic rings. The van der Waals surface area contributed by atoms with Crippen LogP contribution < -0.4 is 14.2 Å². The Bertz CT molecular complexity index is 1250. The van der Waals surface area contributed by atoms with Crippen LogP contribution in [-0.2, 0) is 29.1 Å². The number of aliphatic carboxylic acids is 1. The molecule has 2 atom stereocenters. The molecule has 3 heterocycles. The van der Waals surface area contributed by atoms with E-state index in [0.717, 1.165) is 11.1 Å². The number of ether oxygens (including phenoxy) is 4. The van der Waals surface area contributed by atoms with Gasteiger partial charge in [-0.25, -0.2) is 9.79 Å². The zero-order valence-corrected chi connectivity index (χ0v) is 20.6. The van der Waals surface area contributed by atoms with Gasteiger partial charge in [0.2, 0.25) is 0 Å². The van der Waals surface area contributed by atoms with E-state index in [2.05, 4.69) is 16.0 Å². The van der Waals surface area contributed by atoms with Crippen LogP contribution in [0.25, 0.3) is 0 Å². The molecule has 0 fully saturated rings. The van der Waals surface area contributed by atoms with Gasteiger partial charge in [-0.05, 0) is 36.8 Å². The number of nitriles is 1. The standard InChI is InChI=1S/C26H28N4O6/c1-5-18-11-26(2,15-27)29-25(36-18)30-13-16-6-9-22(34-4)23(20(16)10-21(30)24(31)32)35-14-17-7-8-19(33-3)12-28-17/h6-9,11-12,21H,5,10,13-14H2,1-4H3,(H,31,32)/t21-,26?/m0/s1. The van der Waals surface area contributed by atoms with E-state index in [-0.39, 0.29) is 25.6 Å². The number of amidine groups is 1. The summed E-state index contributed by atoms with van der Waals surface area (Å²) in [5, 5.41) is 19.8. The summed E-state index contributed by atoms with van der Waals surface area (Å²) in [6, 6.07) is 8.57. The first-order valence-corrected chi connectivity index (χ1v) is 11.5. The van der Waals surface area contributed by atoms with E-state index in [9.17, 15) is 15.2 Å². The zero-order chi connectivity index (χ0) is 25.9. The van der Waals surface area contributed by atoms with E-state index < -0.39 is 17.6 Å². The second-order valence-electron chi connectivity index (χ2n) is 8.62. The number of carbonyl (C=O) groups is 1. The average molecular weight is 493 g/mol. The van der Waals surface area contributed by atoms with Crippen LogP contribution in [0.5, 0.6) is 17.2 Å². The maximum absolute atomic E-state index is 12.4. The second-order valence-corrected chi connectivity index (χ2v) is 8.62. The molecule has 0 aliphatic carbocycles. The zero-order valence-electron chi connectivity index (χ0n) is 20.6. The van der Waals surface area contributed by atoms with Crippen LogP contribution in [0.2, 0.25) is 0 Å². The summed E-state index contributed by atoms with van der Waals surface area (Å²) in [6.07, 6.45) is 3.94. The minimum Gasteiger partial charge on any atom is -0.495 e. The lowest BCUT2D eigenvalue weighted by Gasteiger charge is -2.38. The first kappa shape index (κ1) is 24.9. The molecular weight excluding hydrogens is 464 g/mol. The largest absolute Gasteiger partial charge is 0.495 e. The van der Waals surface area contributed by atoms with Crippen LogP contribution >= 0.6 is 0 Å². The molecule has 10 nitrogen and oxygen atoms in total. The third-order valence-corrected chi connectivity index (χ3v) is 6.15. The Kier molecular flexibility index (Phi) is 7.01. The number of pyridine rings is 1. The number of hydrogen-bond acceptors (Lipinski definition) is 9. The van der Waals surface area contributed by atoms with Crippen LogP contribution in [0.1, 0.15) is 37.1 Å². The molecule has 1 aromatic carbocycles. The fourth-order valence-electron chi connectivity index (χ4n) is 4.19. The van der Waals surface area contributed by atoms with Gasteiger partial charge in [-0.1, -0.05) is 13.0 Å². The lowest BCUT2D eigenvalue weighted by Crippen LogP contribution is -2.51. The molecule has 0 saturated heterocycles. The Morgan fingerprint density at radius 1 is 1.31 bits per heavy atom. The quantitative estimate of drug-likeness (QED) is 0.618. The van der Waals surface area contributed by atoms with Gasteiger partial charge in [-0.15, -0.1) is 0 Å². The number of hydrogen-bond donors (Lipinski definition) is 1. The van der Waals surface area contributed by atoms with Gasteiger partial charge >= 0.3 is 5.97 Å². The molecule has 1 aromatic heterocycles. The van der Waals surface area contributed by atoms with Gasteiger partial charge in [0.05, 0.1) is 32.2 Å². The van der Waals surface area contributed by atoms with Crippen LogP contribution in [0, 0.1) is 11.3 Å². The third kappa shape index (κ3) is 4.91. The van der Waals surface area contributed by atoms with Crippen molar-refractivity contribution in [3.63, 3.8) is 0 Å². The molecule has 1 unspecified atom stereocenters. The van der Waals surface area contributed by atoms with E-state index in [1.165, 1.54) is 7.11 Å². The highest BCUT2D eigenvalue weighted by Gasteiger charge is 2.40. The Morgan fingerprint density at radius 3 is 2.72 bits per heavy atom. The molecule has 4 rings (SSSR count). The second kappa shape index (κ2) is 10.2. The van der Waals surface area contributed by atoms with Crippen molar-refractivity contribution >= 4 is 12.0 Å². The number of nitrogens with zero attached hydrogens (tertiary/aromatic N) is 4. The van der Waals surface area contributed by atoms with Crippen molar-refractivity contribution in [2.24, 2.45) is 4.99 Å². The monoisotopic (exact) mass is 492 g/mol.